The van der Waals surface area contributed by atoms with Crippen molar-refractivity contribution in [3.8, 4) is 0 Å². The predicted octanol–water partition coefficient (Wildman–Crippen LogP) is 7.84. The summed E-state index contributed by atoms with van der Waals surface area (Å²) >= 11 is 14.4. The molecule has 0 spiro atoms. The number of rotatable bonds is 9. The van der Waals surface area contributed by atoms with Crippen molar-refractivity contribution >= 4 is 40.9 Å². The van der Waals surface area contributed by atoms with Crippen LogP contribution in [0.4, 0.5) is 0 Å². The smallest absolute Gasteiger partial charge is 0.253 e. The second-order valence-electron chi connectivity index (χ2n) is 9.60. The predicted molar refractivity (Wildman–Crippen MR) is 154 cm³/mol. The molecule has 4 rings (SSSR count). The third-order valence-electron chi connectivity index (χ3n) is 7.25. The molecule has 6 heteroatoms. The Morgan fingerprint density at radius 1 is 1.00 bits per heavy atom. The SMILES string of the molecule is CSc1ccc(C2CCN(CC[C@H](CN(C)C(=O)c3ccccc3)c3ccc(Cl)c(Cl)c3)CC2)cc1. The Kier molecular flexibility index (Phi) is 9.78. The van der Waals surface area contributed by atoms with E-state index in [4.69, 9.17) is 23.2 Å². The first kappa shape index (κ1) is 27.1. The summed E-state index contributed by atoms with van der Waals surface area (Å²) < 4.78 is 0. The van der Waals surface area contributed by atoms with Crippen molar-refractivity contribution in [2.45, 2.75) is 36.0 Å². The molecule has 36 heavy (non-hydrogen) atoms. The highest BCUT2D eigenvalue weighted by atomic mass is 35.5. The lowest BCUT2D eigenvalue weighted by atomic mass is 9.89. The number of likely N-dealkylation sites (N-methyl/N-ethyl adjacent to an activating group) is 1. The molecule has 3 nitrogen and oxygen atoms in total. The number of benzene rings is 3. The molecule has 0 bridgehead atoms. The molecule has 1 aliphatic rings. The van der Waals surface area contributed by atoms with Crippen molar-refractivity contribution in [1.82, 2.24) is 9.80 Å². The molecule has 0 unspecified atom stereocenters. The summed E-state index contributed by atoms with van der Waals surface area (Å²) in [7, 11) is 1.88. The molecule has 1 fully saturated rings. The standard InChI is InChI=1S/C30H34Cl2N2OS/c1-33(30(35)24-6-4-3-5-7-24)21-26(25-10-13-28(31)29(32)20-25)16-19-34-17-14-23(15-18-34)22-8-11-27(36-2)12-9-22/h3-13,20,23,26H,14-19,21H2,1-2H3/t26-/m1/s1. The molecule has 190 valence electrons. The fourth-order valence-electron chi connectivity index (χ4n) is 5.05. The van der Waals surface area contributed by atoms with Crippen molar-refractivity contribution in [3.05, 3.63) is 99.5 Å². The van der Waals surface area contributed by atoms with Gasteiger partial charge in [0.25, 0.3) is 5.91 Å². The number of hydrogen-bond donors (Lipinski definition) is 0. The molecule has 3 aromatic carbocycles. The van der Waals surface area contributed by atoms with Gasteiger partial charge in [-0.1, -0.05) is 59.6 Å². The normalized spacial score (nSPS) is 15.6. The Morgan fingerprint density at radius 2 is 1.69 bits per heavy atom. The van der Waals surface area contributed by atoms with Gasteiger partial charge in [0.1, 0.15) is 0 Å². The summed E-state index contributed by atoms with van der Waals surface area (Å²) in [6, 6.07) is 24.4. The van der Waals surface area contributed by atoms with Gasteiger partial charge in [-0.2, -0.15) is 0 Å². The summed E-state index contributed by atoms with van der Waals surface area (Å²) in [6.45, 7) is 3.82. The number of hydrogen-bond acceptors (Lipinski definition) is 3. The molecule has 1 saturated heterocycles. The lowest BCUT2D eigenvalue weighted by molar-refractivity contribution is 0.0781. The quantitative estimate of drug-likeness (QED) is 0.258. The van der Waals surface area contributed by atoms with E-state index in [0.717, 1.165) is 31.6 Å². The van der Waals surface area contributed by atoms with Gasteiger partial charge in [0, 0.05) is 30.0 Å². The number of piperidine rings is 1. The zero-order chi connectivity index (χ0) is 25.5. The van der Waals surface area contributed by atoms with Crippen LogP contribution in [-0.4, -0.2) is 55.2 Å². The van der Waals surface area contributed by atoms with E-state index < -0.39 is 0 Å². The molecule has 0 aliphatic carbocycles. The van der Waals surface area contributed by atoms with E-state index in [1.165, 1.54) is 23.3 Å². The van der Waals surface area contributed by atoms with Gasteiger partial charge in [-0.25, -0.2) is 0 Å². The Balaban J connectivity index is 1.38. The van der Waals surface area contributed by atoms with Gasteiger partial charge in [0.05, 0.1) is 10.0 Å². The van der Waals surface area contributed by atoms with Crippen LogP contribution in [0.5, 0.6) is 0 Å². The van der Waals surface area contributed by atoms with Crippen LogP contribution < -0.4 is 0 Å². The fraction of sp³-hybridized carbons (Fsp3) is 0.367. The number of amides is 1. The van der Waals surface area contributed by atoms with Crippen LogP contribution in [0.2, 0.25) is 10.0 Å². The summed E-state index contributed by atoms with van der Waals surface area (Å²) in [5.41, 5.74) is 3.29. The molecule has 1 aliphatic heterocycles. The average Bonchev–Trinajstić information content (AvgIpc) is 2.93. The third-order valence-corrected chi connectivity index (χ3v) is 8.73. The van der Waals surface area contributed by atoms with E-state index in [9.17, 15) is 4.79 Å². The topological polar surface area (TPSA) is 23.6 Å². The van der Waals surface area contributed by atoms with Crippen LogP contribution in [0, 0.1) is 0 Å². The zero-order valence-electron chi connectivity index (χ0n) is 21.0. The first-order valence-corrected chi connectivity index (χ1v) is 14.5. The van der Waals surface area contributed by atoms with Crippen LogP contribution in [0.3, 0.4) is 0 Å². The van der Waals surface area contributed by atoms with Gasteiger partial charge in [0.2, 0.25) is 0 Å². The molecule has 0 N–H and O–H groups in total. The molecule has 1 amide bonds. The summed E-state index contributed by atoms with van der Waals surface area (Å²) in [6.07, 6.45) is 5.44. The maximum Gasteiger partial charge on any atom is 0.253 e. The van der Waals surface area contributed by atoms with Gasteiger partial charge in [0.15, 0.2) is 0 Å². The molecule has 1 heterocycles. The highest BCUT2D eigenvalue weighted by Gasteiger charge is 2.24. The molecule has 0 saturated carbocycles. The van der Waals surface area contributed by atoms with Crippen molar-refractivity contribution in [3.63, 3.8) is 0 Å². The number of halogens is 2. The number of carbonyl (C=O) groups excluding carboxylic acids is 1. The van der Waals surface area contributed by atoms with E-state index in [-0.39, 0.29) is 11.8 Å². The maximum atomic E-state index is 13.0. The minimum Gasteiger partial charge on any atom is -0.341 e. The Morgan fingerprint density at radius 3 is 2.33 bits per heavy atom. The van der Waals surface area contributed by atoms with Crippen LogP contribution in [0.15, 0.2) is 77.7 Å². The van der Waals surface area contributed by atoms with E-state index in [0.29, 0.717) is 28.1 Å². The number of carbonyl (C=O) groups is 1. The van der Waals surface area contributed by atoms with Gasteiger partial charge >= 0.3 is 0 Å². The minimum atomic E-state index is 0.0361. The number of nitrogens with zero attached hydrogens (tertiary/aromatic N) is 2. The van der Waals surface area contributed by atoms with Crippen LogP contribution >= 0.6 is 35.0 Å². The van der Waals surface area contributed by atoms with E-state index in [1.807, 2.05) is 60.5 Å². The van der Waals surface area contributed by atoms with Gasteiger partial charge in [-0.15, -0.1) is 11.8 Å². The van der Waals surface area contributed by atoms with Crippen molar-refractivity contribution in [1.29, 1.82) is 0 Å². The van der Waals surface area contributed by atoms with Crippen LogP contribution in [-0.2, 0) is 0 Å². The van der Waals surface area contributed by atoms with E-state index in [2.05, 4.69) is 35.4 Å². The first-order valence-electron chi connectivity index (χ1n) is 12.6. The van der Waals surface area contributed by atoms with E-state index in [1.54, 1.807) is 11.8 Å². The molecule has 1 atom stereocenters. The molecular weight excluding hydrogens is 507 g/mol. The van der Waals surface area contributed by atoms with Gasteiger partial charge in [-0.3, -0.25) is 4.79 Å². The molecule has 0 radical (unpaired) electrons. The summed E-state index contributed by atoms with van der Waals surface area (Å²) in [5.74, 6) is 0.848. The van der Waals surface area contributed by atoms with Crippen molar-refractivity contribution < 1.29 is 4.79 Å². The minimum absolute atomic E-state index is 0.0361. The highest BCUT2D eigenvalue weighted by Crippen LogP contribution is 2.32. The lowest BCUT2D eigenvalue weighted by Crippen LogP contribution is -2.36. The first-order chi connectivity index (χ1) is 17.4. The molecule has 3 aromatic rings. The second-order valence-corrected chi connectivity index (χ2v) is 11.3. The molecular formula is C30H34Cl2N2OS. The third kappa shape index (κ3) is 7.07. The van der Waals surface area contributed by atoms with Crippen LogP contribution in [0.1, 0.15) is 52.6 Å². The number of thioether (sulfide) groups is 1. The maximum absolute atomic E-state index is 13.0. The van der Waals surface area contributed by atoms with Crippen LogP contribution in [0.25, 0.3) is 0 Å². The summed E-state index contributed by atoms with van der Waals surface area (Å²) in [4.78, 5) is 18.7. The lowest BCUT2D eigenvalue weighted by Gasteiger charge is -2.34. The van der Waals surface area contributed by atoms with E-state index >= 15 is 0 Å². The fourth-order valence-corrected chi connectivity index (χ4v) is 5.76. The Bertz CT molecular complexity index is 1130. The summed E-state index contributed by atoms with van der Waals surface area (Å²) in [5, 5.41) is 1.12. The zero-order valence-corrected chi connectivity index (χ0v) is 23.3. The Labute approximate surface area is 229 Å². The molecule has 0 aromatic heterocycles. The Hall–Kier alpha value is -1.98. The monoisotopic (exact) mass is 540 g/mol. The number of likely N-dealkylation sites (tertiary alicyclic amines) is 1. The highest BCUT2D eigenvalue weighted by molar-refractivity contribution is 7.98. The second kappa shape index (κ2) is 13.0. The van der Waals surface area contributed by atoms with Crippen molar-refractivity contribution in [2.75, 3.05) is 39.5 Å². The average molecular weight is 542 g/mol. The van der Waals surface area contributed by atoms with Crippen molar-refractivity contribution in [2.24, 2.45) is 0 Å². The van der Waals surface area contributed by atoms with Gasteiger partial charge < -0.3 is 9.80 Å². The van der Waals surface area contributed by atoms with Gasteiger partial charge in [-0.05, 0) is 98.6 Å². The largest absolute Gasteiger partial charge is 0.341 e.